The zero-order valence-electron chi connectivity index (χ0n) is 11.6. The first-order valence-electron chi connectivity index (χ1n) is 6.51. The summed E-state index contributed by atoms with van der Waals surface area (Å²) in [5.41, 5.74) is 3.20. The Morgan fingerprint density at radius 2 is 2.14 bits per heavy atom. The number of nitrogens with zero attached hydrogens (tertiary/aromatic N) is 4. The van der Waals surface area contributed by atoms with Gasteiger partial charge in [0.15, 0.2) is 5.65 Å². The van der Waals surface area contributed by atoms with E-state index in [9.17, 15) is 4.39 Å². The number of rotatable bonds is 3. The third-order valence-corrected chi connectivity index (χ3v) is 4.29. The SMILES string of the molecule is CCc1nn(C)c2c1nc(CCl)n2-c1cc(F)ccc1Br. The number of hydrogen-bond donors (Lipinski definition) is 0. The molecule has 0 bridgehead atoms. The molecule has 0 amide bonds. The van der Waals surface area contributed by atoms with Crippen molar-refractivity contribution in [2.75, 3.05) is 0 Å². The Kier molecular flexibility index (Phi) is 3.75. The van der Waals surface area contributed by atoms with Gasteiger partial charge in [0.05, 0.1) is 17.3 Å². The zero-order valence-corrected chi connectivity index (χ0v) is 13.9. The van der Waals surface area contributed by atoms with Gasteiger partial charge in [-0.3, -0.25) is 4.57 Å². The number of halogens is 3. The van der Waals surface area contributed by atoms with Crippen LogP contribution in [0, 0.1) is 5.82 Å². The summed E-state index contributed by atoms with van der Waals surface area (Å²) in [4.78, 5) is 4.57. The highest BCUT2D eigenvalue weighted by Crippen LogP contribution is 2.29. The molecule has 3 rings (SSSR count). The van der Waals surface area contributed by atoms with Crippen molar-refractivity contribution >= 4 is 38.7 Å². The summed E-state index contributed by atoms with van der Waals surface area (Å²) in [6.07, 6.45) is 0.778. The highest BCUT2D eigenvalue weighted by atomic mass is 79.9. The number of aromatic nitrogens is 4. The van der Waals surface area contributed by atoms with E-state index in [0.717, 1.165) is 27.8 Å². The van der Waals surface area contributed by atoms with Crippen LogP contribution >= 0.6 is 27.5 Å². The topological polar surface area (TPSA) is 35.6 Å². The molecule has 0 saturated heterocycles. The standard InChI is InChI=1S/C14H13BrClFN4/c1-3-10-13-14(20(2)19-10)21(12(7-16)18-13)11-6-8(17)4-5-9(11)15/h4-6H,3,7H2,1-2H3. The molecule has 2 aromatic heterocycles. The van der Waals surface area contributed by atoms with Crippen molar-refractivity contribution in [2.24, 2.45) is 7.05 Å². The molecule has 21 heavy (non-hydrogen) atoms. The summed E-state index contributed by atoms with van der Waals surface area (Å²) in [6.45, 7) is 2.03. The van der Waals surface area contributed by atoms with E-state index in [1.165, 1.54) is 12.1 Å². The maximum atomic E-state index is 13.6. The van der Waals surface area contributed by atoms with Crippen molar-refractivity contribution < 1.29 is 4.39 Å². The molecule has 7 heteroatoms. The summed E-state index contributed by atoms with van der Waals surface area (Å²) in [5, 5.41) is 4.46. The van der Waals surface area contributed by atoms with Crippen molar-refractivity contribution in [3.05, 3.63) is 40.0 Å². The minimum absolute atomic E-state index is 0.237. The van der Waals surface area contributed by atoms with Crippen LogP contribution in [0.1, 0.15) is 18.4 Å². The van der Waals surface area contributed by atoms with Gasteiger partial charge in [0, 0.05) is 11.5 Å². The quantitative estimate of drug-likeness (QED) is 0.653. The highest BCUT2D eigenvalue weighted by Gasteiger charge is 2.20. The van der Waals surface area contributed by atoms with Crippen molar-refractivity contribution in [1.29, 1.82) is 0 Å². The number of fused-ring (bicyclic) bond motifs is 1. The lowest BCUT2D eigenvalue weighted by Gasteiger charge is -2.10. The normalized spacial score (nSPS) is 11.5. The lowest BCUT2D eigenvalue weighted by Crippen LogP contribution is -2.05. The Morgan fingerprint density at radius 1 is 1.38 bits per heavy atom. The van der Waals surface area contributed by atoms with Crippen LogP contribution in [-0.2, 0) is 19.3 Å². The van der Waals surface area contributed by atoms with E-state index in [-0.39, 0.29) is 11.7 Å². The molecule has 0 aliphatic heterocycles. The fourth-order valence-corrected chi connectivity index (χ4v) is 3.07. The smallest absolute Gasteiger partial charge is 0.163 e. The average molecular weight is 372 g/mol. The van der Waals surface area contributed by atoms with Gasteiger partial charge in [0.25, 0.3) is 0 Å². The van der Waals surface area contributed by atoms with Gasteiger partial charge in [-0.2, -0.15) is 5.10 Å². The zero-order chi connectivity index (χ0) is 15.1. The molecule has 2 heterocycles. The van der Waals surface area contributed by atoms with Gasteiger partial charge < -0.3 is 0 Å². The van der Waals surface area contributed by atoms with Gasteiger partial charge in [0.2, 0.25) is 0 Å². The molecule has 1 aromatic carbocycles. The third-order valence-electron chi connectivity index (χ3n) is 3.38. The fraction of sp³-hybridized carbons (Fsp3) is 0.286. The maximum Gasteiger partial charge on any atom is 0.163 e. The Bertz CT molecular complexity index is 824. The molecule has 0 atom stereocenters. The monoisotopic (exact) mass is 370 g/mol. The first kappa shape index (κ1) is 14.5. The summed E-state index contributed by atoms with van der Waals surface area (Å²) >= 11 is 9.49. The van der Waals surface area contributed by atoms with E-state index in [4.69, 9.17) is 11.6 Å². The predicted molar refractivity (Wildman–Crippen MR) is 84.4 cm³/mol. The van der Waals surface area contributed by atoms with Crippen molar-refractivity contribution in [1.82, 2.24) is 19.3 Å². The molecule has 0 N–H and O–H groups in total. The molecule has 3 aromatic rings. The molecule has 0 fully saturated rings. The van der Waals surface area contributed by atoms with Crippen LogP contribution in [-0.4, -0.2) is 19.3 Å². The van der Waals surface area contributed by atoms with Crippen molar-refractivity contribution in [2.45, 2.75) is 19.2 Å². The molecule has 0 spiro atoms. The summed E-state index contributed by atoms with van der Waals surface area (Å²) in [6, 6.07) is 4.54. The second kappa shape index (κ2) is 5.42. The van der Waals surface area contributed by atoms with Crippen molar-refractivity contribution in [3.8, 4) is 5.69 Å². The van der Waals surface area contributed by atoms with E-state index in [2.05, 4.69) is 26.0 Å². The molecule has 110 valence electrons. The van der Waals surface area contributed by atoms with Crippen LogP contribution in [0.3, 0.4) is 0 Å². The number of alkyl halides is 1. The molecule has 4 nitrogen and oxygen atoms in total. The molecular formula is C14H13BrClFN4. The molecule has 0 radical (unpaired) electrons. The van der Waals surface area contributed by atoms with E-state index in [1.54, 1.807) is 10.7 Å². The molecule has 0 saturated carbocycles. The van der Waals surface area contributed by atoms with Crippen LogP contribution in [0.4, 0.5) is 4.39 Å². The van der Waals surface area contributed by atoms with Gasteiger partial charge in [-0.1, -0.05) is 6.92 Å². The predicted octanol–water partition coefficient (Wildman–Crippen LogP) is 3.96. The number of aryl methyl sites for hydroxylation is 2. The summed E-state index contributed by atoms with van der Waals surface area (Å²) in [7, 11) is 1.85. The number of hydrogen-bond acceptors (Lipinski definition) is 2. The minimum Gasteiger partial charge on any atom is -0.279 e. The van der Waals surface area contributed by atoms with Crippen LogP contribution in [0.15, 0.2) is 22.7 Å². The van der Waals surface area contributed by atoms with Gasteiger partial charge in [0.1, 0.15) is 17.2 Å². The first-order chi connectivity index (χ1) is 10.1. The van der Waals surface area contributed by atoms with E-state index in [0.29, 0.717) is 11.5 Å². The van der Waals surface area contributed by atoms with Gasteiger partial charge in [-0.25, -0.2) is 14.1 Å². The van der Waals surface area contributed by atoms with E-state index < -0.39 is 0 Å². The highest BCUT2D eigenvalue weighted by molar-refractivity contribution is 9.10. The largest absolute Gasteiger partial charge is 0.279 e. The minimum atomic E-state index is -0.312. The van der Waals surface area contributed by atoms with Gasteiger partial charge in [-0.15, -0.1) is 11.6 Å². The van der Waals surface area contributed by atoms with Crippen LogP contribution < -0.4 is 0 Å². The second-order valence-electron chi connectivity index (χ2n) is 4.69. The van der Waals surface area contributed by atoms with Crippen molar-refractivity contribution in [3.63, 3.8) is 0 Å². The summed E-state index contributed by atoms with van der Waals surface area (Å²) < 4.78 is 18.0. The molecule has 0 unspecified atom stereocenters. The van der Waals surface area contributed by atoms with Crippen LogP contribution in [0.5, 0.6) is 0 Å². The lowest BCUT2D eigenvalue weighted by atomic mass is 10.3. The molecular weight excluding hydrogens is 359 g/mol. The Labute approximate surface area is 134 Å². The average Bonchev–Trinajstić information content (AvgIpc) is 2.99. The number of benzene rings is 1. The summed E-state index contributed by atoms with van der Waals surface area (Å²) in [5.74, 6) is 0.593. The Morgan fingerprint density at radius 3 is 2.81 bits per heavy atom. The van der Waals surface area contributed by atoms with Crippen LogP contribution in [0.25, 0.3) is 16.9 Å². The Hall–Kier alpha value is -1.40. The Balaban J connectivity index is 2.40. The number of imidazole rings is 1. The fourth-order valence-electron chi connectivity index (χ4n) is 2.46. The van der Waals surface area contributed by atoms with Gasteiger partial charge >= 0.3 is 0 Å². The van der Waals surface area contributed by atoms with E-state index in [1.807, 2.05) is 18.5 Å². The third kappa shape index (κ3) is 2.26. The molecule has 0 aliphatic rings. The second-order valence-corrected chi connectivity index (χ2v) is 5.81. The van der Waals surface area contributed by atoms with E-state index >= 15 is 0 Å². The molecule has 0 aliphatic carbocycles. The maximum absolute atomic E-state index is 13.6. The first-order valence-corrected chi connectivity index (χ1v) is 7.84. The lowest BCUT2D eigenvalue weighted by molar-refractivity contribution is 0.625. The van der Waals surface area contributed by atoms with Gasteiger partial charge in [-0.05, 0) is 40.5 Å². The van der Waals surface area contributed by atoms with Crippen LogP contribution in [0.2, 0.25) is 0 Å².